The lowest BCUT2D eigenvalue weighted by molar-refractivity contribution is 1.07. The van der Waals surface area contributed by atoms with Crippen LogP contribution in [0.4, 0.5) is 5.82 Å². The molecule has 0 unspecified atom stereocenters. The first-order valence-electron chi connectivity index (χ1n) is 5.66. The van der Waals surface area contributed by atoms with Gasteiger partial charge in [0.15, 0.2) is 0 Å². The van der Waals surface area contributed by atoms with E-state index < -0.39 is 0 Å². The van der Waals surface area contributed by atoms with Gasteiger partial charge in [0.2, 0.25) is 0 Å². The van der Waals surface area contributed by atoms with Gasteiger partial charge in [-0.25, -0.2) is 4.98 Å². The molecule has 0 fully saturated rings. The first kappa shape index (κ1) is 11.6. The standard InChI is InChI=1S/C14H17N3/c1-10-8-12(9-11(2)16-10)13-6-5-7-15-14(13)17(3)4/h5-9H,1-4H3. The number of pyridine rings is 2. The summed E-state index contributed by atoms with van der Waals surface area (Å²) in [6.45, 7) is 4.03. The maximum atomic E-state index is 4.42. The fourth-order valence-corrected chi connectivity index (χ4v) is 1.97. The summed E-state index contributed by atoms with van der Waals surface area (Å²) in [5.74, 6) is 0.984. The maximum Gasteiger partial charge on any atom is 0.135 e. The Hall–Kier alpha value is -1.90. The van der Waals surface area contributed by atoms with E-state index in [0.717, 1.165) is 22.8 Å². The third kappa shape index (κ3) is 2.44. The summed E-state index contributed by atoms with van der Waals surface area (Å²) in [5, 5.41) is 0. The molecule has 0 aliphatic heterocycles. The van der Waals surface area contributed by atoms with Crippen molar-refractivity contribution in [1.82, 2.24) is 9.97 Å². The Labute approximate surface area is 102 Å². The van der Waals surface area contributed by atoms with Gasteiger partial charge in [0.1, 0.15) is 5.82 Å². The van der Waals surface area contributed by atoms with E-state index in [-0.39, 0.29) is 0 Å². The van der Waals surface area contributed by atoms with Crippen molar-refractivity contribution in [3.05, 3.63) is 41.9 Å². The number of anilines is 1. The third-order valence-corrected chi connectivity index (χ3v) is 2.60. The minimum Gasteiger partial charge on any atom is -0.362 e. The molecule has 0 bridgehead atoms. The Morgan fingerprint density at radius 3 is 2.29 bits per heavy atom. The summed E-state index contributed by atoms with van der Waals surface area (Å²) in [7, 11) is 4.01. The molecule has 2 rings (SSSR count). The van der Waals surface area contributed by atoms with Gasteiger partial charge in [-0.1, -0.05) is 0 Å². The average molecular weight is 227 g/mol. The number of aromatic nitrogens is 2. The highest BCUT2D eigenvalue weighted by molar-refractivity contribution is 5.75. The molecule has 0 spiro atoms. The van der Waals surface area contributed by atoms with E-state index in [1.165, 1.54) is 5.56 Å². The molecular weight excluding hydrogens is 210 g/mol. The predicted molar refractivity (Wildman–Crippen MR) is 71.3 cm³/mol. The smallest absolute Gasteiger partial charge is 0.135 e. The zero-order chi connectivity index (χ0) is 12.4. The van der Waals surface area contributed by atoms with E-state index in [1.54, 1.807) is 0 Å². The van der Waals surface area contributed by atoms with Gasteiger partial charge in [-0.3, -0.25) is 4.98 Å². The normalized spacial score (nSPS) is 10.4. The van der Waals surface area contributed by atoms with Crippen LogP contribution in [0.1, 0.15) is 11.4 Å². The van der Waals surface area contributed by atoms with E-state index in [0.29, 0.717) is 0 Å². The zero-order valence-corrected chi connectivity index (χ0v) is 10.7. The minimum atomic E-state index is 0.984. The summed E-state index contributed by atoms with van der Waals surface area (Å²) in [4.78, 5) is 10.8. The summed E-state index contributed by atoms with van der Waals surface area (Å²) in [6.07, 6.45) is 1.82. The number of rotatable bonds is 2. The summed E-state index contributed by atoms with van der Waals surface area (Å²) < 4.78 is 0. The Morgan fingerprint density at radius 1 is 1.06 bits per heavy atom. The molecule has 0 N–H and O–H groups in total. The Bertz CT molecular complexity index is 512. The van der Waals surface area contributed by atoms with Crippen LogP contribution in [-0.4, -0.2) is 24.1 Å². The molecule has 2 aromatic rings. The topological polar surface area (TPSA) is 29.0 Å². The second kappa shape index (κ2) is 4.53. The summed E-state index contributed by atoms with van der Waals surface area (Å²) >= 11 is 0. The van der Waals surface area contributed by atoms with Gasteiger partial charge in [0.25, 0.3) is 0 Å². The Morgan fingerprint density at radius 2 is 1.71 bits per heavy atom. The Kier molecular flexibility index (Phi) is 3.09. The second-order valence-corrected chi connectivity index (χ2v) is 4.41. The highest BCUT2D eigenvalue weighted by Gasteiger charge is 2.08. The minimum absolute atomic E-state index is 0.984. The van der Waals surface area contributed by atoms with Gasteiger partial charge in [-0.05, 0) is 43.7 Å². The molecule has 0 saturated carbocycles. The monoisotopic (exact) mass is 227 g/mol. The lowest BCUT2D eigenvalue weighted by Gasteiger charge is -2.16. The van der Waals surface area contributed by atoms with Crippen LogP contribution < -0.4 is 4.90 Å². The molecular formula is C14H17N3. The van der Waals surface area contributed by atoms with Gasteiger partial charge in [-0.2, -0.15) is 0 Å². The van der Waals surface area contributed by atoms with Crippen LogP contribution in [-0.2, 0) is 0 Å². The van der Waals surface area contributed by atoms with Crippen LogP contribution in [0.25, 0.3) is 11.1 Å². The molecule has 0 saturated heterocycles. The predicted octanol–water partition coefficient (Wildman–Crippen LogP) is 2.83. The van der Waals surface area contributed by atoms with Crippen LogP contribution in [0, 0.1) is 13.8 Å². The third-order valence-electron chi connectivity index (χ3n) is 2.60. The second-order valence-electron chi connectivity index (χ2n) is 4.41. The van der Waals surface area contributed by atoms with E-state index in [9.17, 15) is 0 Å². The largest absolute Gasteiger partial charge is 0.362 e. The fraction of sp³-hybridized carbons (Fsp3) is 0.286. The maximum absolute atomic E-state index is 4.42. The molecule has 0 amide bonds. The molecule has 0 aliphatic carbocycles. The first-order chi connectivity index (χ1) is 8.08. The van der Waals surface area contributed by atoms with E-state index >= 15 is 0 Å². The lowest BCUT2D eigenvalue weighted by atomic mass is 10.1. The average Bonchev–Trinajstić information content (AvgIpc) is 2.27. The van der Waals surface area contributed by atoms with Gasteiger partial charge >= 0.3 is 0 Å². The molecule has 17 heavy (non-hydrogen) atoms. The van der Waals surface area contributed by atoms with Crippen LogP contribution in [0.3, 0.4) is 0 Å². The molecule has 0 aliphatic rings. The summed E-state index contributed by atoms with van der Waals surface area (Å²) in [5.41, 5.74) is 4.39. The molecule has 0 aromatic carbocycles. The quantitative estimate of drug-likeness (QED) is 0.790. The van der Waals surface area contributed by atoms with Crippen LogP contribution >= 0.6 is 0 Å². The molecule has 3 heteroatoms. The van der Waals surface area contributed by atoms with Crippen molar-refractivity contribution in [3.8, 4) is 11.1 Å². The van der Waals surface area contributed by atoms with Crippen LogP contribution in [0.2, 0.25) is 0 Å². The SMILES string of the molecule is Cc1cc(-c2cccnc2N(C)C)cc(C)n1. The van der Waals surface area contributed by atoms with Gasteiger partial charge in [0, 0.05) is 37.2 Å². The van der Waals surface area contributed by atoms with Gasteiger partial charge in [0.05, 0.1) is 0 Å². The van der Waals surface area contributed by atoms with Crippen molar-refractivity contribution in [2.75, 3.05) is 19.0 Å². The van der Waals surface area contributed by atoms with Gasteiger partial charge < -0.3 is 4.90 Å². The number of hydrogen-bond donors (Lipinski definition) is 0. The number of aryl methyl sites for hydroxylation is 2. The molecule has 3 nitrogen and oxygen atoms in total. The van der Waals surface area contributed by atoms with E-state index in [4.69, 9.17) is 0 Å². The molecule has 0 atom stereocenters. The molecule has 0 radical (unpaired) electrons. The lowest BCUT2D eigenvalue weighted by Crippen LogP contribution is -2.11. The van der Waals surface area contributed by atoms with Crippen LogP contribution in [0.15, 0.2) is 30.5 Å². The molecule has 2 heterocycles. The van der Waals surface area contributed by atoms with Crippen molar-refractivity contribution in [2.45, 2.75) is 13.8 Å². The Balaban J connectivity index is 2.60. The highest BCUT2D eigenvalue weighted by Crippen LogP contribution is 2.28. The van der Waals surface area contributed by atoms with Crippen LogP contribution in [0.5, 0.6) is 0 Å². The van der Waals surface area contributed by atoms with E-state index in [1.807, 2.05) is 45.1 Å². The number of hydrogen-bond acceptors (Lipinski definition) is 3. The molecule has 2 aromatic heterocycles. The van der Waals surface area contributed by atoms with Crippen molar-refractivity contribution in [1.29, 1.82) is 0 Å². The summed E-state index contributed by atoms with van der Waals surface area (Å²) in [6, 6.07) is 8.25. The van der Waals surface area contributed by atoms with Crippen molar-refractivity contribution < 1.29 is 0 Å². The zero-order valence-electron chi connectivity index (χ0n) is 10.7. The van der Waals surface area contributed by atoms with Crippen molar-refractivity contribution >= 4 is 5.82 Å². The van der Waals surface area contributed by atoms with Crippen molar-refractivity contribution in [2.24, 2.45) is 0 Å². The number of nitrogens with zero attached hydrogens (tertiary/aromatic N) is 3. The first-order valence-corrected chi connectivity index (χ1v) is 5.66. The van der Waals surface area contributed by atoms with E-state index in [2.05, 4.69) is 28.2 Å². The highest BCUT2D eigenvalue weighted by atomic mass is 15.1. The fourth-order valence-electron chi connectivity index (χ4n) is 1.97. The molecule has 88 valence electrons. The van der Waals surface area contributed by atoms with Gasteiger partial charge in [-0.15, -0.1) is 0 Å². The van der Waals surface area contributed by atoms with Crippen molar-refractivity contribution in [3.63, 3.8) is 0 Å².